The molecule has 0 unspecified atom stereocenters. The third-order valence-electron chi connectivity index (χ3n) is 7.21. The Labute approximate surface area is 200 Å². The highest BCUT2D eigenvalue weighted by molar-refractivity contribution is 5.70. The van der Waals surface area contributed by atoms with E-state index in [4.69, 9.17) is 0 Å². The molecule has 0 heterocycles. The van der Waals surface area contributed by atoms with Crippen molar-refractivity contribution in [3.63, 3.8) is 0 Å². The minimum absolute atomic E-state index is 1.24. The Bertz CT molecular complexity index is 655. The highest BCUT2D eigenvalue weighted by Gasteiger charge is 2.07. The summed E-state index contributed by atoms with van der Waals surface area (Å²) in [6, 6.07) is 13.7. The molecule has 0 aliphatic heterocycles. The van der Waals surface area contributed by atoms with Crippen molar-refractivity contribution >= 4 is 0 Å². The second-order valence-corrected chi connectivity index (χ2v) is 10.3. The molecule has 0 N–H and O–H groups in total. The summed E-state index contributed by atoms with van der Waals surface area (Å²) in [6.07, 6.45) is 28.8. The third-order valence-corrected chi connectivity index (χ3v) is 7.21. The van der Waals surface area contributed by atoms with Crippen molar-refractivity contribution in [1.82, 2.24) is 0 Å². The summed E-state index contributed by atoms with van der Waals surface area (Å²) in [5, 5.41) is 0. The summed E-state index contributed by atoms with van der Waals surface area (Å²) < 4.78 is 0. The Kier molecular flexibility index (Phi) is 15.3. The molecule has 0 saturated heterocycles. The molecule has 0 nitrogen and oxygen atoms in total. The molecule has 0 atom stereocenters. The summed E-state index contributed by atoms with van der Waals surface area (Å²) in [7, 11) is 0. The van der Waals surface area contributed by atoms with E-state index in [0.29, 0.717) is 0 Å². The van der Waals surface area contributed by atoms with Crippen LogP contribution in [-0.4, -0.2) is 0 Å². The molecule has 0 radical (unpaired) electrons. The van der Waals surface area contributed by atoms with Gasteiger partial charge in [0.15, 0.2) is 0 Å². The van der Waals surface area contributed by atoms with E-state index in [9.17, 15) is 0 Å². The van der Waals surface area contributed by atoms with Crippen LogP contribution in [0.4, 0.5) is 0 Å². The Balaban J connectivity index is 1.33. The first-order valence-corrected chi connectivity index (χ1v) is 14.3. The predicted molar refractivity (Wildman–Crippen MR) is 145 cm³/mol. The van der Waals surface area contributed by atoms with Crippen LogP contribution in [0, 0.1) is 6.92 Å². The van der Waals surface area contributed by atoms with Gasteiger partial charge >= 0.3 is 0 Å². The molecule has 0 spiro atoms. The van der Waals surface area contributed by atoms with Crippen LogP contribution in [0.15, 0.2) is 36.4 Å². The summed E-state index contributed by atoms with van der Waals surface area (Å²) in [6.45, 7) is 4.48. The van der Waals surface area contributed by atoms with E-state index in [-0.39, 0.29) is 0 Å². The minimum atomic E-state index is 1.24. The first kappa shape index (κ1) is 26.9. The fourth-order valence-electron chi connectivity index (χ4n) is 5.01. The molecule has 2 aliphatic carbocycles. The van der Waals surface area contributed by atoms with Gasteiger partial charge in [-0.1, -0.05) is 164 Å². The molecule has 0 heteroatoms. The molecular formula is C32H52. The van der Waals surface area contributed by atoms with Crippen molar-refractivity contribution < 1.29 is 0 Å². The summed E-state index contributed by atoms with van der Waals surface area (Å²) in [4.78, 5) is 0. The molecule has 0 aromatic rings. The SMILES string of the molecule is CCCCCCCCCCCCCCCCCCCCCc1ccc2ccc(C)ccc1-2. The maximum atomic E-state index is 2.34. The highest BCUT2D eigenvalue weighted by Crippen LogP contribution is 2.28. The van der Waals surface area contributed by atoms with Crippen molar-refractivity contribution in [1.29, 1.82) is 0 Å². The average molecular weight is 437 g/mol. The van der Waals surface area contributed by atoms with Gasteiger partial charge in [0.2, 0.25) is 0 Å². The van der Waals surface area contributed by atoms with Crippen LogP contribution >= 0.6 is 0 Å². The Hall–Kier alpha value is -1.30. The van der Waals surface area contributed by atoms with Crippen molar-refractivity contribution in [2.75, 3.05) is 0 Å². The maximum absolute atomic E-state index is 2.34. The van der Waals surface area contributed by atoms with E-state index in [0.717, 1.165) is 0 Å². The molecule has 180 valence electrons. The quantitative estimate of drug-likeness (QED) is 0.181. The van der Waals surface area contributed by atoms with E-state index in [1.165, 1.54) is 145 Å². The number of rotatable bonds is 20. The van der Waals surface area contributed by atoms with Gasteiger partial charge in [-0.2, -0.15) is 0 Å². The van der Waals surface area contributed by atoms with Gasteiger partial charge in [-0.15, -0.1) is 0 Å². The summed E-state index contributed by atoms with van der Waals surface area (Å²) in [5.74, 6) is 0. The van der Waals surface area contributed by atoms with Gasteiger partial charge < -0.3 is 0 Å². The number of fused-ring (bicyclic) bond motifs is 1. The number of hydrogen-bond acceptors (Lipinski definition) is 0. The van der Waals surface area contributed by atoms with E-state index >= 15 is 0 Å². The summed E-state index contributed by atoms with van der Waals surface area (Å²) >= 11 is 0. The predicted octanol–water partition coefficient (Wildman–Crippen LogP) is 11.1. The second-order valence-electron chi connectivity index (χ2n) is 10.3. The highest BCUT2D eigenvalue weighted by atomic mass is 14.1. The van der Waals surface area contributed by atoms with E-state index in [1.807, 2.05) is 0 Å². The zero-order valence-corrected chi connectivity index (χ0v) is 21.6. The van der Waals surface area contributed by atoms with E-state index < -0.39 is 0 Å². The lowest BCUT2D eigenvalue weighted by molar-refractivity contribution is 0.523. The first-order valence-electron chi connectivity index (χ1n) is 14.3. The van der Waals surface area contributed by atoms with E-state index in [2.05, 4.69) is 50.2 Å². The van der Waals surface area contributed by atoms with Gasteiger partial charge in [0.05, 0.1) is 0 Å². The van der Waals surface area contributed by atoms with Gasteiger partial charge in [-0.25, -0.2) is 0 Å². The van der Waals surface area contributed by atoms with Crippen LogP contribution in [0.1, 0.15) is 140 Å². The normalized spacial score (nSPS) is 11.4. The monoisotopic (exact) mass is 436 g/mol. The van der Waals surface area contributed by atoms with Crippen molar-refractivity contribution in [2.24, 2.45) is 0 Å². The molecule has 0 saturated carbocycles. The molecular weight excluding hydrogens is 384 g/mol. The number of hydrogen-bond donors (Lipinski definition) is 0. The molecule has 2 rings (SSSR count). The second kappa shape index (κ2) is 18.2. The standard InChI is InChI=1S/C32H52/c1-3-4-5-6-7-8-9-10-11-12-13-14-15-16-17-18-19-20-21-22-30-26-27-31-25-23-29(2)24-28-32(30)31/h23-28H,3-22H2,1-2H3. The zero-order chi connectivity index (χ0) is 22.7. The van der Waals surface area contributed by atoms with Gasteiger partial charge in [0, 0.05) is 0 Å². The first-order chi connectivity index (χ1) is 15.8. The van der Waals surface area contributed by atoms with Crippen molar-refractivity contribution in [2.45, 2.75) is 142 Å². The topological polar surface area (TPSA) is 0 Å². The van der Waals surface area contributed by atoms with E-state index in [1.54, 1.807) is 5.56 Å². The largest absolute Gasteiger partial charge is 0.0654 e. The fourth-order valence-corrected chi connectivity index (χ4v) is 5.01. The van der Waals surface area contributed by atoms with Gasteiger partial charge in [-0.05, 0) is 36.5 Å². The zero-order valence-electron chi connectivity index (χ0n) is 21.6. The number of aryl methyl sites for hydroxylation is 2. The minimum Gasteiger partial charge on any atom is -0.0654 e. The van der Waals surface area contributed by atoms with Crippen LogP contribution in [-0.2, 0) is 6.42 Å². The number of unbranched alkanes of at least 4 members (excludes halogenated alkanes) is 18. The molecule has 32 heavy (non-hydrogen) atoms. The van der Waals surface area contributed by atoms with Crippen LogP contribution in [0.25, 0.3) is 11.1 Å². The molecule has 0 fully saturated rings. The van der Waals surface area contributed by atoms with Crippen molar-refractivity contribution in [3.05, 3.63) is 47.5 Å². The Morgan fingerprint density at radius 2 is 0.844 bits per heavy atom. The molecule has 0 aromatic carbocycles. The lowest BCUT2D eigenvalue weighted by atomic mass is 10.0. The van der Waals surface area contributed by atoms with Crippen LogP contribution in [0.5, 0.6) is 0 Å². The maximum Gasteiger partial charge on any atom is -0.0152 e. The lowest BCUT2D eigenvalue weighted by Gasteiger charge is -2.04. The molecule has 0 amide bonds. The fraction of sp³-hybridized carbons (Fsp3) is 0.688. The molecule has 0 aromatic heterocycles. The van der Waals surface area contributed by atoms with Gasteiger partial charge in [-0.3, -0.25) is 0 Å². The third kappa shape index (κ3) is 12.1. The molecule has 2 aliphatic rings. The van der Waals surface area contributed by atoms with Crippen LogP contribution in [0.3, 0.4) is 0 Å². The van der Waals surface area contributed by atoms with Crippen LogP contribution in [0.2, 0.25) is 0 Å². The Morgan fingerprint density at radius 3 is 1.34 bits per heavy atom. The average Bonchev–Trinajstić information content (AvgIpc) is 3.09. The van der Waals surface area contributed by atoms with Crippen molar-refractivity contribution in [3.8, 4) is 11.1 Å². The Morgan fingerprint density at radius 1 is 0.438 bits per heavy atom. The molecule has 0 bridgehead atoms. The smallest absolute Gasteiger partial charge is 0.0152 e. The van der Waals surface area contributed by atoms with Crippen LogP contribution < -0.4 is 0 Å². The lowest BCUT2D eigenvalue weighted by Crippen LogP contribution is -1.86. The van der Waals surface area contributed by atoms with Gasteiger partial charge in [0.1, 0.15) is 0 Å². The van der Waals surface area contributed by atoms with Gasteiger partial charge in [0.25, 0.3) is 0 Å². The summed E-state index contributed by atoms with van der Waals surface area (Å²) in [5.41, 5.74) is 5.74.